The van der Waals surface area contributed by atoms with Gasteiger partial charge in [0.25, 0.3) is 5.92 Å². The zero-order valence-corrected chi connectivity index (χ0v) is 12.0. The number of rotatable bonds is 4. The lowest BCUT2D eigenvalue weighted by molar-refractivity contribution is -0.0123. The van der Waals surface area contributed by atoms with E-state index in [0.717, 1.165) is 24.1 Å². The van der Waals surface area contributed by atoms with Crippen molar-refractivity contribution in [3.05, 3.63) is 35.4 Å². The zero-order valence-electron chi connectivity index (χ0n) is 11.2. The Hall–Kier alpha value is -0.750. The Kier molecular flexibility index (Phi) is 4.90. The molecule has 0 aromatic heterocycles. The third-order valence-electron chi connectivity index (χ3n) is 2.28. The van der Waals surface area contributed by atoms with Crippen LogP contribution in [0.1, 0.15) is 39.3 Å². The molecule has 108 valence electrons. The molecule has 0 spiro atoms. The molecule has 0 aliphatic carbocycles. The Labute approximate surface area is 114 Å². The van der Waals surface area contributed by atoms with Gasteiger partial charge in [0.1, 0.15) is 6.04 Å². The third kappa shape index (κ3) is 4.69. The van der Waals surface area contributed by atoms with Gasteiger partial charge < -0.3 is 0 Å². The second-order valence-electron chi connectivity index (χ2n) is 5.36. The van der Waals surface area contributed by atoms with Gasteiger partial charge in [-0.2, -0.15) is 0 Å². The molecule has 0 amide bonds. The quantitative estimate of drug-likeness (QED) is 0.638. The summed E-state index contributed by atoms with van der Waals surface area (Å²) in [5.41, 5.74) is -0.371. The summed E-state index contributed by atoms with van der Waals surface area (Å²) in [6, 6.07) is 1.69. The van der Waals surface area contributed by atoms with Crippen molar-refractivity contribution in [2.24, 2.45) is 0 Å². The SMILES string of the molecule is CC(C)(C)SNC(c1cccc(F)c1F)C(C)(F)F. The smallest absolute Gasteiger partial charge is 0.250 e. The monoisotopic (exact) mass is 295 g/mol. The fourth-order valence-corrected chi connectivity index (χ4v) is 2.22. The van der Waals surface area contributed by atoms with Crippen LogP contribution in [0.3, 0.4) is 0 Å². The van der Waals surface area contributed by atoms with Gasteiger partial charge in [0.05, 0.1) is 0 Å². The van der Waals surface area contributed by atoms with E-state index in [1.54, 1.807) is 0 Å². The summed E-state index contributed by atoms with van der Waals surface area (Å²) in [5, 5.41) is 0. The second-order valence-corrected chi connectivity index (χ2v) is 7.03. The van der Waals surface area contributed by atoms with E-state index in [0.29, 0.717) is 6.92 Å². The van der Waals surface area contributed by atoms with Gasteiger partial charge in [-0.3, -0.25) is 4.72 Å². The molecule has 19 heavy (non-hydrogen) atoms. The molecule has 1 N–H and O–H groups in total. The van der Waals surface area contributed by atoms with Crippen LogP contribution in [-0.4, -0.2) is 10.7 Å². The standard InChI is InChI=1S/C13H17F4NS/c1-12(2,3)19-18-11(13(4,16)17)8-6-5-7-9(14)10(8)15/h5-7,11,18H,1-4H3. The lowest BCUT2D eigenvalue weighted by Crippen LogP contribution is -2.34. The minimum atomic E-state index is -3.22. The number of benzene rings is 1. The Balaban J connectivity index is 3.08. The lowest BCUT2D eigenvalue weighted by Gasteiger charge is -2.28. The van der Waals surface area contributed by atoms with Gasteiger partial charge in [0.2, 0.25) is 0 Å². The van der Waals surface area contributed by atoms with Gasteiger partial charge >= 0.3 is 0 Å². The van der Waals surface area contributed by atoms with Crippen molar-refractivity contribution in [1.29, 1.82) is 0 Å². The molecular weight excluding hydrogens is 278 g/mol. The van der Waals surface area contributed by atoms with Crippen LogP contribution in [0.25, 0.3) is 0 Å². The summed E-state index contributed by atoms with van der Waals surface area (Å²) in [6.07, 6.45) is 0. The van der Waals surface area contributed by atoms with E-state index in [1.807, 2.05) is 20.8 Å². The predicted octanol–water partition coefficient (Wildman–Crippen LogP) is 4.70. The number of nitrogens with one attached hydrogen (secondary N) is 1. The fourth-order valence-electron chi connectivity index (χ4n) is 1.42. The van der Waals surface area contributed by atoms with Crippen molar-refractivity contribution >= 4 is 11.9 Å². The number of hydrogen-bond donors (Lipinski definition) is 1. The highest BCUT2D eigenvalue weighted by atomic mass is 32.2. The Bertz CT molecular complexity index is 437. The van der Waals surface area contributed by atoms with Crippen molar-refractivity contribution in [1.82, 2.24) is 4.72 Å². The molecule has 0 aliphatic heterocycles. The second kappa shape index (κ2) is 5.71. The maximum atomic E-state index is 13.6. The first-order valence-electron chi connectivity index (χ1n) is 5.77. The molecule has 0 aliphatic rings. The molecule has 1 rings (SSSR count). The summed E-state index contributed by atoms with van der Waals surface area (Å²) in [5.74, 6) is -5.59. The van der Waals surface area contributed by atoms with E-state index in [-0.39, 0.29) is 10.3 Å². The van der Waals surface area contributed by atoms with Crippen molar-refractivity contribution in [3.8, 4) is 0 Å². The molecule has 1 atom stereocenters. The van der Waals surface area contributed by atoms with E-state index < -0.39 is 23.6 Å². The van der Waals surface area contributed by atoms with Gasteiger partial charge in [-0.25, -0.2) is 17.6 Å². The number of alkyl halides is 2. The van der Waals surface area contributed by atoms with Gasteiger partial charge in [-0.05, 0) is 26.8 Å². The average Bonchev–Trinajstić information content (AvgIpc) is 2.20. The zero-order chi connectivity index (χ0) is 14.8. The summed E-state index contributed by atoms with van der Waals surface area (Å²) in [7, 11) is 0. The first-order chi connectivity index (χ1) is 8.52. The molecule has 1 aromatic carbocycles. The first-order valence-corrected chi connectivity index (χ1v) is 6.59. The molecule has 0 heterocycles. The Morgan fingerprint density at radius 2 is 1.68 bits per heavy atom. The van der Waals surface area contributed by atoms with Crippen LogP contribution < -0.4 is 4.72 Å². The Morgan fingerprint density at radius 3 is 2.16 bits per heavy atom. The fraction of sp³-hybridized carbons (Fsp3) is 0.538. The molecule has 0 bridgehead atoms. The molecule has 0 saturated carbocycles. The normalized spacial score (nSPS) is 14.5. The van der Waals surface area contributed by atoms with Crippen LogP contribution in [-0.2, 0) is 0 Å². The highest BCUT2D eigenvalue weighted by Gasteiger charge is 2.38. The molecule has 6 heteroatoms. The van der Waals surface area contributed by atoms with Crippen LogP contribution in [0.2, 0.25) is 0 Å². The van der Waals surface area contributed by atoms with Gasteiger partial charge in [0, 0.05) is 17.2 Å². The highest BCUT2D eigenvalue weighted by Crippen LogP contribution is 2.36. The molecule has 1 nitrogen and oxygen atoms in total. The van der Waals surface area contributed by atoms with E-state index >= 15 is 0 Å². The third-order valence-corrected chi connectivity index (χ3v) is 3.25. The van der Waals surface area contributed by atoms with Crippen LogP contribution >= 0.6 is 11.9 Å². The highest BCUT2D eigenvalue weighted by molar-refractivity contribution is 7.98. The molecule has 0 fully saturated rings. The van der Waals surface area contributed by atoms with Crippen molar-refractivity contribution in [2.45, 2.75) is 44.4 Å². The first kappa shape index (κ1) is 16.3. The summed E-state index contributed by atoms with van der Waals surface area (Å²) >= 11 is 1.06. The molecule has 0 radical (unpaired) electrons. The van der Waals surface area contributed by atoms with Crippen LogP contribution in [0.15, 0.2) is 18.2 Å². The number of halogens is 4. The average molecular weight is 295 g/mol. The van der Waals surface area contributed by atoms with Gasteiger partial charge in [-0.1, -0.05) is 24.1 Å². The predicted molar refractivity (Wildman–Crippen MR) is 70.2 cm³/mol. The summed E-state index contributed by atoms with van der Waals surface area (Å²) < 4.78 is 56.2. The maximum Gasteiger partial charge on any atom is 0.265 e. The largest absolute Gasteiger partial charge is 0.265 e. The molecule has 0 saturated heterocycles. The summed E-state index contributed by atoms with van der Waals surface area (Å²) in [4.78, 5) is 0. The van der Waals surface area contributed by atoms with Crippen LogP contribution in [0, 0.1) is 11.6 Å². The molecular formula is C13H17F4NS. The maximum absolute atomic E-state index is 13.6. The van der Waals surface area contributed by atoms with E-state index in [9.17, 15) is 17.6 Å². The van der Waals surface area contributed by atoms with Gasteiger partial charge in [0.15, 0.2) is 11.6 Å². The topological polar surface area (TPSA) is 12.0 Å². The minimum Gasteiger partial charge on any atom is -0.250 e. The van der Waals surface area contributed by atoms with Crippen molar-refractivity contribution in [3.63, 3.8) is 0 Å². The minimum absolute atomic E-state index is 0.326. The van der Waals surface area contributed by atoms with Gasteiger partial charge in [-0.15, -0.1) is 0 Å². The van der Waals surface area contributed by atoms with E-state index in [4.69, 9.17) is 0 Å². The molecule has 1 unspecified atom stereocenters. The van der Waals surface area contributed by atoms with E-state index in [1.165, 1.54) is 6.07 Å². The molecule has 1 aromatic rings. The summed E-state index contributed by atoms with van der Waals surface area (Å²) in [6.45, 7) is 6.17. The van der Waals surface area contributed by atoms with Crippen molar-refractivity contribution in [2.75, 3.05) is 0 Å². The van der Waals surface area contributed by atoms with E-state index in [2.05, 4.69) is 4.72 Å². The van der Waals surface area contributed by atoms with Crippen molar-refractivity contribution < 1.29 is 17.6 Å². The Morgan fingerprint density at radius 1 is 1.11 bits per heavy atom. The number of hydrogen-bond acceptors (Lipinski definition) is 2. The van der Waals surface area contributed by atoms with Crippen LogP contribution in [0.4, 0.5) is 17.6 Å². The van der Waals surface area contributed by atoms with Crippen LogP contribution in [0.5, 0.6) is 0 Å². The lowest BCUT2D eigenvalue weighted by atomic mass is 10.0.